The van der Waals surface area contributed by atoms with Crippen molar-refractivity contribution in [3.8, 4) is 0 Å². The van der Waals surface area contributed by atoms with Crippen molar-refractivity contribution in [3.63, 3.8) is 0 Å². The second-order valence-corrected chi connectivity index (χ2v) is 2.81. The van der Waals surface area contributed by atoms with Crippen molar-refractivity contribution < 1.29 is 19.3 Å². The molecule has 2 N–H and O–H groups in total. The summed E-state index contributed by atoms with van der Waals surface area (Å²) in [6, 6.07) is 0. The Labute approximate surface area is 63.7 Å². The van der Waals surface area contributed by atoms with Gasteiger partial charge in [-0.1, -0.05) is 0 Å². The van der Waals surface area contributed by atoms with Crippen molar-refractivity contribution in [1.29, 1.82) is 0 Å². The Balaban J connectivity index is 2.44. The highest BCUT2D eigenvalue weighted by molar-refractivity contribution is 6.45. The number of carboxylic acids is 1. The maximum absolute atomic E-state index is 12.9. The lowest BCUT2D eigenvalue weighted by molar-refractivity contribution is -0.159. The smallest absolute Gasteiger partial charge is 0.376 e. The van der Waals surface area contributed by atoms with Gasteiger partial charge in [0.1, 0.15) is 0 Å². The zero-order valence-corrected chi connectivity index (χ0v) is 6.12. The summed E-state index contributed by atoms with van der Waals surface area (Å²) >= 11 is 0. The molecule has 0 aromatic carbocycles. The molecule has 0 aliphatic carbocycles. The summed E-state index contributed by atoms with van der Waals surface area (Å²) in [7, 11) is -0.766. The molecule has 0 atom stereocenters. The Kier molecular flexibility index (Phi) is 1.89. The van der Waals surface area contributed by atoms with E-state index in [9.17, 15) is 9.18 Å². The van der Waals surface area contributed by atoms with Gasteiger partial charge in [-0.05, 0) is 6.82 Å². The summed E-state index contributed by atoms with van der Waals surface area (Å²) in [4.78, 5) is 11.5. The molecule has 0 saturated carbocycles. The molecule has 0 unspecified atom stereocenters. The first-order valence-electron chi connectivity index (χ1n) is 3.30. The average molecular weight is 161 g/mol. The van der Waals surface area contributed by atoms with E-state index < -0.39 is 18.7 Å². The molecule has 1 saturated heterocycles. The van der Waals surface area contributed by atoms with Gasteiger partial charge in [0.25, 0.3) is 0 Å². The summed E-state index contributed by atoms with van der Waals surface area (Å²) in [5.41, 5.74) is -2.14. The lowest BCUT2D eigenvalue weighted by atomic mass is 9.77. The number of aliphatic carboxylic acids is 1. The van der Waals surface area contributed by atoms with Gasteiger partial charge in [0, 0.05) is 13.1 Å². The number of alkyl halides is 1. The molecular formula is C5H9BFNO3. The molecule has 62 valence electrons. The molecular weight excluding hydrogens is 152 g/mol. The first-order chi connectivity index (χ1) is 4.96. The van der Waals surface area contributed by atoms with E-state index in [2.05, 4.69) is 0 Å². The van der Waals surface area contributed by atoms with Gasteiger partial charge in [0.15, 0.2) is 0 Å². The Hall–Kier alpha value is -0.615. The minimum Gasteiger partial charge on any atom is -0.479 e. The monoisotopic (exact) mass is 161 g/mol. The third-order valence-electron chi connectivity index (χ3n) is 1.82. The minimum absolute atomic E-state index is 0.222. The number of hydrogen-bond acceptors (Lipinski definition) is 3. The first kappa shape index (κ1) is 8.48. The third-order valence-corrected chi connectivity index (χ3v) is 1.82. The summed E-state index contributed by atoms with van der Waals surface area (Å²) in [6.45, 7) is 1.03. The maximum Gasteiger partial charge on any atom is 0.376 e. The molecule has 1 heterocycles. The molecule has 4 nitrogen and oxygen atoms in total. The van der Waals surface area contributed by atoms with E-state index in [4.69, 9.17) is 10.1 Å². The van der Waals surface area contributed by atoms with Gasteiger partial charge in [-0.25, -0.2) is 9.18 Å². The molecule has 1 aliphatic heterocycles. The van der Waals surface area contributed by atoms with Crippen LogP contribution in [0.2, 0.25) is 6.82 Å². The Morgan fingerprint density at radius 3 is 2.45 bits per heavy atom. The standard InChI is InChI=1S/C5H9BFNO3/c1-6(11)8-2-5(7,3-8)4(9)10/h11H,2-3H2,1H3,(H,9,10). The fourth-order valence-electron chi connectivity index (χ4n) is 0.997. The van der Waals surface area contributed by atoms with Crippen LogP contribution in [0.1, 0.15) is 0 Å². The largest absolute Gasteiger partial charge is 0.479 e. The summed E-state index contributed by atoms with van der Waals surface area (Å²) in [5, 5.41) is 17.2. The SMILES string of the molecule is CB(O)N1CC(F)(C(=O)O)C1. The van der Waals surface area contributed by atoms with E-state index in [1.54, 1.807) is 0 Å². The van der Waals surface area contributed by atoms with Crippen LogP contribution in [0.3, 0.4) is 0 Å². The molecule has 0 radical (unpaired) electrons. The lowest BCUT2D eigenvalue weighted by Gasteiger charge is -2.42. The van der Waals surface area contributed by atoms with Crippen molar-refractivity contribution >= 4 is 13.0 Å². The quantitative estimate of drug-likeness (QED) is 0.520. The highest BCUT2D eigenvalue weighted by Crippen LogP contribution is 2.25. The van der Waals surface area contributed by atoms with Gasteiger partial charge in [-0.3, -0.25) is 0 Å². The van der Waals surface area contributed by atoms with Crippen LogP contribution in [-0.4, -0.2) is 46.7 Å². The van der Waals surface area contributed by atoms with Crippen LogP contribution in [0.25, 0.3) is 0 Å². The zero-order valence-electron chi connectivity index (χ0n) is 6.12. The third kappa shape index (κ3) is 1.36. The summed E-state index contributed by atoms with van der Waals surface area (Å²) in [5.74, 6) is -1.45. The first-order valence-corrected chi connectivity index (χ1v) is 3.30. The molecule has 0 aromatic rings. The lowest BCUT2D eigenvalue weighted by Crippen LogP contribution is -2.66. The van der Waals surface area contributed by atoms with Gasteiger partial charge < -0.3 is 14.9 Å². The fourth-order valence-corrected chi connectivity index (χ4v) is 0.997. The highest BCUT2D eigenvalue weighted by atomic mass is 19.1. The van der Waals surface area contributed by atoms with Crippen LogP contribution >= 0.6 is 0 Å². The van der Waals surface area contributed by atoms with Crippen molar-refractivity contribution in [1.82, 2.24) is 4.81 Å². The van der Waals surface area contributed by atoms with Crippen molar-refractivity contribution in [2.45, 2.75) is 12.5 Å². The van der Waals surface area contributed by atoms with Gasteiger partial charge >= 0.3 is 13.0 Å². The second-order valence-electron chi connectivity index (χ2n) is 2.81. The topological polar surface area (TPSA) is 60.8 Å². The molecule has 6 heteroatoms. The molecule has 11 heavy (non-hydrogen) atoms. The predicted octanol–water partition coefficient (Wildman–Crippen LogP) is -0.795. The van der Waals surface area contributed by atoms with Crippen molar-refractivity contribution in [2.24, 2.45) is 0 Å². The summed E-state index contributed by atoms with van der Waals surface area (Å²) in [6.07, 6.45) is 0. The summed E-state index contributed by atoms with van der Waals surface area (Å²) < 4.78 is 12.9. The van der Waals surface area contributed by atoms with Gasteiger partial charge in [0.2, 0.25) is 5.67 Å². The van der Waals surface area contributed by atoms with Crippen LogP contribution in [0.15, 0.2) is 0 Å². The Bertz CT molecular complexity index is 181. The number of hydrogen-bond donors (Lipinski definition) is 2. The molecule has 1 rings (SSSR count). The molecule has 1 aliphatic rings. The predicted molar refractivity (Wildman–Crippen MR) is 36.9 cm³/mol. The van der Waals surface area contributed by atoms with Crippen molar-refractivity contribution in [3.05, 3.63) is 0 Å². The molecule has 0 amide bonds. The molecule has 0 bridgehead atoms. The van der Waals surface area contributed by atoms with Gasteiger partial charge in [-0.15, -0.1) is 0 Å². The normalized spacial score (nSPS) is 22.5. The van der Waals surface area contributed by atoms with Crippen molar-refractivity contribution in [2.75, 3.05) is 13.1 Å². The zero-order chi connectivity index (χ0) is 8.65. The van der Waals surface area contributed by atoms with E-state index in [-0.39, 0.29) is 13.1 Å². The average Bonchev–Trinajstić information content (AvgIpc) is 1.79. The molecule has 1 fully saturated rings. The Morgan fingerprint density at radius 1 is 1.73 bits per heavy atom. The number of rotatable bonds is 2. The van der Waals surface area contributed by atoms with Crippen LogP contribution in [0.5, 0.6) is 0 Å². The number of carboxylic acid groups (broad SMARTS) is 1. The van der Waals surface area contributed by atoms with Gasteiger partial charge in [-0.2, -0.15) is 0 Å². The molecule has 0 aromatic heterocycles. The van der Waals surface area contributed by atoms with E-state index >= 15 is 0 Å². The van der Waals surface area contributed by atoms with E-state index in [1.165, 1.54) is 11.6 Å². The maximum atomic E-state index is 12.9. The van der Waals surface area contributed by atoms with E-state index in [0.717, 1.165) is 0 Å². The van der Waals surface area contributed by atoms with Crippen LogP contribution < -0.4 is 0 Å². The highest BCUT2D eigenvalue weighted by Gasteiger charge is 2.52. The van der Waals surface area contributed by atoms with E-state index in [0.29, 0.717) is 0 Å². The van der Waals surface area contributed by atoms with Crippen LogP contribution in [0.4, 0.5) is 4.39 Å². The van der Waals surface area contributed by atoms with Crippen LogP contribution in [-0.2, 0) is 4.79 Å². The fraction of sp³-hybridized carbons (Fsp3) is 0.800. The number of halogens is 1. The number of carbonyl (C=O) groups is 1. The van der Waals surface area contributed by atoms with E-state index in [1.807, 2.05) is 0 Å². The number of nitrogens with zero attached hydrogens (tertiary/aromatic N) is 1. The molecule has 0 spiro atoms. The minimum atomic E-state index is -2.14. The van der Waals surface area contributed by atoms with Crippen LogP contribution in [0, 0.1) is 0 Å². The van der Waals surface area contributed by atoms with Gasteiger partial charge in [0.05, 0.1) is 0 Å². The second kappa shape index (κ2) is 2.46. The Morgan fingerprint density at radius 2 is 2.18 bits per heavy atom.